The molecule has 2 heterocycles. The first-order valence-electron chi connectivity index (χ1n) is 5.38. The van der Waals surface area contributed by atoms with Crippen molar-refractivity contribution < 1.29 is 9.52 Å². The topological polar surface area (TPSA) is 46.3 Å². The van der Waals surface area contributed by atoms with Gasteiger partial charge in [-0.1, -0.05) is 0 Å². The third kappa shape index (κ3) is 2.71. The van der Waals surface area contributed by atoms with E-state index in [0.29, 0.717) is 6.42 Å². The van der Waals surface area contributed by atoms with Gasteiger partial charge in [0.25, 0.3) is 0 Å². The quantitative estimate of drug-likeness (QED) is 0.868. The number of furan rings is 1. The SMILES string of the molecule is Cc1nc(CCc2ccco2)sc1CCO. The number of aliphatic hydroxyl groups excluding tert-OH is 1. The number of rotatable bonds is 5. The van der Waals surface area contributed by atoms with Crippen LogP contribution in [0.3, 0.4) is 0 Å². The van der Waals surface area contributed by atoms with Gasteiger partial charge in [0, 0.05) is 30.7 Å². The summed E-state index contributed by atoms with van der Waals surface area (Å²) in [5.74, 6) is 0.997. The molecule has 16 heavy (non-hydrogen) atoms. The maximum Gasteiger partial charge on any atom is 0.104 e. The van der Waals surface area contributed by atoms with Crippen LogP contribution in [-0.2, 0) is 19.3 Å². The Bertz CT molecular complexity index is 434. The second-order valence-corrected chi connectivity index (χ2v) is 4.84. The van der Waals surface area contributed by atoms with E-state index in [9.17, 15) is 0 Å². The van der Waals surface area contributed by atoms with Gasteiger partial charge in [-0.05, 0) is 19.1 Å². The van der Waals surface area contributed by atoms with Crippen molar-refractivity contribution >= 4 is 11.3 Å². The summed E-state index contributed by atoms with van der Waals surface area (Å²) in [6, 6.07) is 3.88. The molecule has 0 spiro atoms. The molecule has 0 bridgehead atoms. The second kappa shape index (κ2) is 5.27. The van der Waals surface area contributed by atoms with Crippen molar-refractivity contribution in [2.24, 2.45) is 0 Å². The van der Waals surface area contributed by atoms with Crippen molar-refractivity contribution in [2.45, 2.75) is 26.2 Å². The van der Waals surface area contributed by atoms with E-state index in [-0.39, 0.29) is 6.61 Å². The number of thiazole rings is 1. The zero-order chi connectivity index (χ0) is 11.4. The van der Waals surface area contributed by atoms with Crippen LogP contribution in [0.2, 0.25) is 0 Å². The molecule has 0 aliphatic heterocycles. The van der Waals surface area contributed by atoms with Crippen LogP contribution in [0.1, 0.15) is 21.3 Å². The lowest BCUT2D eigenvalue weighted by Crippen LogP contribution is -1.89. The molecule has 2 aromatic heterocycles. The standard InChI is InChI=1S/C12H15NO2S/c1-9-11(6-7-14)16-12(13-9)5-4-10-3-2-8-15-10/h2-3,8,14H,4-7H2,1H3. The maximum atomic E-state index is 8.90. The van der Waals surface area contributed by atoms with Crippen molar-refractivity contribution in [1.82, 2.24) is 4.98 Å². The summed E-state index contributed by atoms with van der Waals surface area (Å²) in [4.78, 5) is 5.69. The smallest absolute Gasteiger partial charge is 0.104 e. The number of hydrogen-bond acceptors (Lipinski definition) is 4. The molecule has 0 aliphatic carbocycles. The van der Waals surface area contributed by atoms with Gasteiger partial charge >= 0.3 is 0 Å². The Balaban J connectivity index is 1.97. The lowest BCUT2D eigenvalue weighted by Gasteiger charge is -1.92. The highest BCUT2D eigenvalue weighted by molar-refractivity contribution is 7.11. The fourth-order valence-electron chi connectivity index (χ4n) is 1.61. The Hall–Kier alpha value is -1.13. The van der Waals surface area contributed by atoms with Gasteiger partial charge in [-0.2, -0.15) is 0 Å². The van der Waals surface area contributed by atoms with Crippen LogP contribution in [0.4, 0.5) is 0 Å². The first-order valence-corrected chi connectivity index (χ1v) is 6.19. The largest absolute Gasteiger partial charge is 0.469 e. The van der Waals surface area contributed by atoms with E-state index >= 15 is 0 Å². The van der Waals surface area contributed by atoms with Crippen LogP contribution < -0.4 is 0 Å². The summed E-state index contributed by atoms with van der Waals surface area (Å²) in [5, 5.41) is 10.0. The third-order valence-corrected chi connectivity index (χ3v) is 3.72. The Morgan fingerprint density at radius 3 is 2.94 bits per heavy atom. The van der Waals surface area contributed by atoms with E-state index in [1.807, 2.05) is 19.1 Å². The minimum Gasteiger partial charge on any atom is -0.469 e. The molecular weight excluding hydrogens is 222 g/mol. The molecule has 4 heteroatoms. The zero-order valence-corrected chi connectivity index (χ0v) is 10.1. The summed E-state index contributed by atoms with van der Waals surface area (Å²) < 4.78 is 5.28. The molecule has 2 aromatic rings. The molecule has 2 rings (SSSR count). The molecule has 0 saturated carbocycles. The number of aryl methyl sites for hydroxylation is 3. The van der Waals surface area contributed by atoms with Gasteiger partial charge in [0.15, 0.2) is 0 Å². The highest BCUT2D eigenvalue weighted by Gasteiger charge is 2.07. The Labute approximate surface area is 98.8 Å². The van der Waals surface area contributed by atoms with Gasteiger partial charge < -0.3 is 9.52 Å². The lowest BCUT2D eigenvalue weighted by molar-refractivity contribution is 0.300. The van der Waals surface area contributed by atoms with Crippen LogP contribution in [0, 0.1) is 6.92 Å². The average molecular weight is 237 g/mol. The fraction of sp³-hybridized carbons (Fsp3) is 0.417. The van der Waals surface area contributed by atoms with Crippen molar-refractivity contribution in [1.29, 1.82) is 0 Å². The molecule has 0 radical (unpaired) electrons. The molecular formula is C12H15NO2S. The molecule has 0 fully saturated rings. The van der Waals surface area contributed by atoms with Crippen molar-refractivity contribution in [3.05, 3.63) is 39.7 Å². The van der Waals surface area contributed by atoms with Crippen LogP contribution in [0.25, 0.3) is 0 Å². The summed E-state index contributed by atoms with van der Waals surface area (Å²) >= 11 is 1.69. The number of aromatic nitrogens is 1. The van der Waals surface area contributed by atoms with E-state index in [4.69, 9.17) is 9.52 Å². The Morgan fingerprint density at radius 2 is 2.25 bits per heavy atom. The second-order valence-electron chi connectivity index (χ2n) is 3.67. The number of hydrogen-bond donors (Lipinski definition) is 1. The van der Waals surface area contributed by atoms with Crippen molar-refractivity contribution in [3.63, 3.8) is 0 Å². The molecule has 0 unspecified atom stereocenters. The molecule has 0 aliphatic rings. The summed E-state index contributed by atoms with van der Waals surface area (Å²) in [6.45, 7) is 2.19. The maximum absolute atomic E-state index is 8.90. The molecule has 0 amide bonds. The first kappa shape index (κ1) is 11.4. The van der Waals surface area contributed by atoms with Gasteiger partial charge in [0.05, 0.1) is 17.0 Å². The van der Waals surface area contributed by atoms with Gasteiger partial charge in [-0.15, -0.1) is 11.3 Å². The highest BCUT2D eigenvalue weighted by atomic mass is 32.1. The predicted molar refractivity (Wildman–Crippen MR) is 63.8 cm³/mol. The minimum absolute atomic E-state index is 0.195. The monoisotopic (exact) mass is 237 g/mol. The van der Waals surface area contributed by atoms with Crippen LogP contribution in [-0.4, -0.2) is 16.7 Å². The van der Waals surface area contributed by atoms with Crippen LogP contribution >= 0.6 is 11.3 Å². The average Bonchev–Trinajstić information content (AvgIpc) is 2.87. The zero-order valence-electron chi connectivity index (χ0n) is 9.27. The molecule has 0 aromatic carbocycles. The van der Waals surface area contributed by atoms with Crippen LogP contribution in [0.15, 0.2) is 22.8 Å². The predicted octanol–water partition coefficient (Wildman–Crippen LogP) is 2.36. The molecule has 0 saturated heterocycles. The van der Waals surface area contributed by atoms with Crippen molar-refractivity contribution in [3.8, 4) is 0 Å². The number of aliphatic hydroxyl groups is 1. The Kier molecular flexibility index (Phi) is 3.74. The summed E-state index contributed by atoms with van der Waals surface area (Å²) in [6.07, 6.45) is 4.20. The highest BCUT2D eigenvalue weighted by Crippen LogP contribution is 2.20. The van der Waals surface area contributed by atoms with E-state index in [1.54, 1.807) is 17.6 Å². The normalized spacial score (nSPS) is 10.9. The van der Waals surface area contributed by atoms with Gasteiger partial charge in [-0.25, -0.2) is 4.98 Å². The van der Waals surface area contributed by atoms with Gasteiger partial charge in [0.1, 0.15) is 5.76 Å². The number of nitrogens with zero attached hydrogens (tertiary/aromatic N) is 1. The Morgan fingerprint density at radius 1 is 1.38 bits per heavy atom. The fourth-order valence-corrected chi connectivity index (χ4v) is 2.67. The van der Waals surface area contributed by atoms with Crippen LogP contribution in [0.5, 0.6) is 0 Å². The first-order chi connectivity index (χ1) is 7.79. The molecule has 0 atom stereocenters. The molecule has 3 nitrogen and oxygen atoms in total. The minimum atomic E-state index is 0.195. The van der Waals surface area contributed by atoms with Gasteiger partial charge in [-0.3, -0.25) is 0 Å². The molecule has 86 valence electrons. The summed E-state index contributed by atoms with van der Waals surface area (Å²) in [7, 11) is 0. The van der Waals surface area contributed by atoms with E-state index < -0.39 is 0 Å². The summed E-state index contributed by atoms with van der Waals surface area (Å²) in [5.41, 5.74) is 1.05. The lowest BCUT2D eigenvalue weighted by atomic mass is 10.2. The third-order valence-electron chi connectivity index (χ3n) is 2.44. The van der Waals surface area contributed by atoms with E-state index in [1.165, 1.54) is 4.88 Å². The van der Waals surface area contributed by atoms with Gasteiger partial charge in [0.2, 0.25) is 0 Å². The molecule has 1 N–H and O–H groups in total. The van der Waals surface area contributed by atoms with Crippen molar-refractivity contribution in [2.75, 3.05) is 6.61 Å². The van der Waals surface area contributed by atoms with E-state index in [2.05, 4.69) is 4.98 Å². The van der Waals surface area contributed by atoms with E-state index in [0.717, 1.165) is 29.3 Å².